The van der Waals surface area contributed by atoms with Crippen molar-refractivity contribution in [3.05, 3.63) is 62.6 Å². The van der Waals surface area contributed by atoms with Crippen molar-refractivity contribution in [1.29, 1.82) is 5.26 Å². The van der Waals surface area contributed by atoms with Gasteiger partial charge in [-0.25, -0.2) is 0 Å². The molecule has 0 saturated heterocycles. The van der Waals surface area contributed by atoms with Gasteiger partial charge in [-0.1, -0.05) is 41.5 Å². The molecule has 2 atom stereocenters. The molecule has 2 heterocycles. The Kier molecular flexibility index (Phi) is 7.17. The van der Waals surface area contributed by atoms with Crippen LogP contribution in [0.25, 0.3) is 0 Å². The molecule has 1 N–H and O–H groups in total. The molecule has 1 radical (unpaired) electrons. The Labute approximate surface area is 211 Å². The molecule has 3 rings (SSSR count). The molecule has 0 spiro atoms. The zero-order valence-electron chi connectivity index (χ0n) is 22.7. The molecule has 6 nitrogen and oxygen atoms in total. The summed E-state index contributed by atoms with van der Waals surface area (Å²) in [5.74, 6) is 0.568. The van der Waals surface area contributed by atoms with Gasteiger partial charge in [-0.05, 0) is 67.1 Å². The summed E-state index contributed by atoms with van der Waals surface area (Å²) in [4.78, 5) is 14.2. The Hall–Kier alpha value is -2.40. The van der Waals surface area contributed by atoms with Gasteiger partial charge in [0.05, 0.1) is 24.3 Å². The molecule has 1 aromatic carbocycles. The first-order chi connectivity index (χ1) is 16.0. The lowest BCUT2D eigenvalue weighted by molar-refractivity contribution is -0.0644. The third-order valence-electron chi connectivity index (χ3n) is 6.54. The Morgan fingerprint density at radius 2 is 1.80 bits per heavy atom. The SMILES string of the molecule is C[Si](C)OCc1c(C(C)(C)C)c(C(C)(C)C)cn([C@H]2c3cc(C#N)ccc3OC(C)(C)[C@@H]2O)c1=O. The van der Waals surface area contributed by atoms with Crippen molar-refractivity contribution in [2.24, 2.45) is 0 Å². The number of rotatable bonds is 4. The molecule has 1 aliphatic heterocycles. The molecule has 0 unspecified atom stereocenters. The largest absolute Gasteiger partial charge is 0.485 e. The van der Waals surface area contributed by atoms with E-state index in [1.807, 2.05) is 20.0 Å². The third-order valence-corrected chi connectivity index (χ3v) is 7.26. The van der Waals surface area contributed by atoms with Crippen molar-refractivity contribution in [1.82, 2.24) is 4.57 Å². The summed E-state index contributed by atoms with van der Waals surface area (Å²) in [5, 5.41) is 21.0. The average Bonchev–Trinajstić information content (AvgIpc) is 2.72. The monoisotopic (exact) mass is 495 g/mol. The van der Waals surface area contributed by atoms with Gasteiger partial charge < -0.3 is 18.8 Å². The van der Waals surface area contributed by atoms with E-state index in [9.17, 15) is 15.2 Å². The van der Waals surface area contributed by atoms with E-state index >= 15 is 0 Å². The molecule has 0 aliphatic carbocycles. The second-order valence-electron chi connectivity index (χ2n) is 12.3. The highest BCUT2D eigenvalue weighted by atomic mass is 28.3. The van der Waals surface area contributed by atoms with Crippen LogP contribution in [0.1, 0.15) is 89.2 Å². The fraction of sp³-hybridized carbons (Fsp3) is 0.571. The van der Waals surface area contributed by atoms with Gasteiger partial charge in [0.15, 0.2) is 0 Å². The normalized spacial score (nSPS) is 19.7. The zero-order valence-corrected chi connectivity index (χ0v) is 23.7. The highest BCUT2D eigenvalue weighted by Gasteiger charge is 2.45. The van der Waals surface area contributed by atoms with Crippen molar-refractivity contribution < 1.29 is 14.3 Å². The smallest absolute Gasteiger partial charge is 0.257 e. The fourth-order valence-electron chi connectivity index (χ4n) is 4.81. The summed E-state index contributed by atoms with van der Waals surface area (Å²) in [7, 11) is -1.03. The first-order valence-electron chi connectivity index (χ1n) is 12.1. The number of hydrogen-bond donors (Lipinski definition) is 1. The maximum absolute atomic E-state index is 14.2. The van der Waals surface area contributed by atoms with Crippen LogP contribution < -0.4 is 10.3 Å². The van der Waals surface area contributed by atoms with E-state index in [0.717, 1.165) is 11.1 Å². The topological polar surface area (TPSA) is 84.5 Å². The standard InChI is InChI=1S/C28H39N2O4Si/c1-26(2,3)20-15-30(25(32)19(16-33-35(9)10)22(20)27(4,5)6)23-18-13-17(14-29)11-12-21(18)34-28(7,8)24(23)31/h11-13,15,23-24,31H,16H2,1-10H3/t23-,24+/m0/s1. The Bertz CT molecular complexity index is 1210. The number of benzene rings is 1. The summed E-state index contributed by atoms with van der Waals surface area (Å²) in [6, 6.07) is 6.62. The Balaban J connectivity index is 2.44. The lowest BCUT2D eigenvalue weighted by atomic mass is 9.74. The molecule has 0 fully saturated rings. The van der Waals surface area contributed by atoms with Gasteiger partial charge in [0, 0.05) is 17.3 Å². The summed E-state index contributed by atoms with van der Waals surface area (Å²) in [6.07, 6.45) is 0.898. The lowest BCUT2D eigenvalue weighted by Crippen LogP contribution is -2.52. The van der Waals surface area contributed by atoms with Crippen molar-refractivity contribution in [3.63, 3.8) is 0 Å². The van der Waals surface area contributed by atoms with Crippen LogP contribution in [0.3, 0.4) is 0 Å². The Morgan fingerprint density at radius 3 is 2.31 bits per heavy atom. The quantitative estimate of drug-likeness (QED) is 0.589. The predicted molar refractivity (Wildman–Crippen MR) is 140 cm³/mol. The third kappa shape index (κ3) is 5.25. The van der Waals surface area contributed by atoms with Crippen LogP contribution >= 0.6 is 0 Å². The van der Waals surface area contributed by atoms with E-state index in [1.54, 1.807) is 22.8 Å². The second-order valence-corrected chi connectivity index (χ2v) is 14.4. The first kappa shape index (κ1) is 27.2. The van der Waals surface area contributed by atoms with E-state index < -0.39 is 26.8 Å². The first-order valence-corrected chi connectivity index (χ1v) is 14.5. The van der Waals surface area contributed by atoms with Crippen LogP contribution in [0.4, 0.5) is 0 Å². The van der Waals surface area contributed by atoms with E-state index in [1.165, 1.54) is 0 Å². The van der Waals surface area contributed by atoms with Crippen LogP contribution in [-0.2, 0) is 21.9 Å². The number of pyridine rings is 1. The van der Waals surface area contributed by atoms with E-state index in [4.69, 9.17) is 9.16 Å². The van der Waals surface area contributed by atoms with Crippen LogP contribution in [0.5, 0.6) is 5.75 Å². The van der Waals surface area contributed by atoms with Crippen molar-refractivity contribution in [2.75, 3.05) is 0 Å². The van der Waals surface area contributed by atoms with E-state index in [2.05, 4.69) is 60.7 Å². The van der Waals surface area contributed by atoms with Crippen molar-refractivity contribution >= 4 is 9.04 Å². The molecular weight excluding hydrogens is 456 g/mol. The molecule has 7 heteroatoms. The maximum Gasteiger partial charge on any atom is 0.257 e. The number of nitrogens with zero attached hydrogens (tertiary/aromatic N) is 2. The van der Waals surface area contributed by atoms with Crippen LogP contribution in [0.2, 0.25) is 13.1 Å². The second kappa shape index (κ2) is 9.23. The van der Waals surface area contributed by atoms with Gasteiger partial charge >= 0.3 is 0 Å². The van der Waals surface area contributed by atoms with Crippen molar-refractivity contribution in [2.45, 2.75) is 104 Å². The molecule has 0 saturated carbocycles. The number of fused-ring (bicyclic) bond motifs is 1. The highest BCUT2D eigenvalue weighted by molar-refractivity contribution is 6.48. The van der Waals surface area contributed by atoms with Gasteiger partial charge in [0.25, 0.3) is 5.56 Å². The Morgan fingerprint density at radius 1 is 1.17 bits per heavy atom. The molecule has 1 aliphatic rings. The van der Waals surface area contributed by atoms with Gasteiger partial charge in [-0.15, -0.1) is 0 Å². The lowest BCUT2D eigenvalue weighted by Gasteiger charge is -2.43. The minimum absolute atomic E-state index is 0.179. The van der Waals surface area contributed by atoms with Crippen LogP contribution in [0.15, 0.2) is 29.2 Å². The van der Waals surface area contributed by atoms with Crippen LogP contribution in [0, 0.1) is 11.3 Å². The number of aromatic nitrogens is 1. The molecule has 2 aromatic rings. The van der Waals surface area contributed by atoms with Gasteiger partial charge in [-0.2, -0.15) is 5.26 Å². The van der Waals surface area contributed by atoms with Gasteiger partial charge in [0.1, 0.15) is 17.5 Å². The number of aliphatic hydroxyl groups excluding tert-OH is 1. The fourth-order valence-corrected chi connectivity index (χ4v) is 5.24. The van der Waals surface area contributed by atoms with E-state index in [0.29, 0.717) is 22.4 Å². The summed E-state index contributed by atoms with van der Waals surface area (Å²) < 4.78 is 13.9. The molecule has 35 heavy (non-hydrogen) atoms. The molecule has 1 aromatic heterocycles. The zero-order chi connectivity index (χ0) is 26.5. The predicted octanol–water partition coefficient (Wildman–Crippen LogP) is 5.20. The summed E-state index contributed by atoms with van der Waals surface area (Å²) in [5.41, 5.74) is 2.09. The number of aliphatic hydroxyl groups is 1. The molecule has 189 valence electrons. The van der Waals surface area contributed by atoms with Gasteiger partial charge in [0.2, 0.25) is 9.04 Å². The molecule has 0 bridgehead atoms. The maximum atomic E-state index is 14.2. The number of nitriles is 1. The minimum Gasteiger partial charge on any atom is -0.485 e. The van der Waals surface area contributed by atoms with Gasteiger partial charge in [-0.3, -0.25) is 4.79 Å². The number of hydrogen-bond acceptors (Lipinski definition) is 5. The highest BCUT2D eigenvalue weighted by Crippen LogP contribution is 2.43. The minimum atomic E-state index is -1.03. The number of ether oxygens (including phenoxy) is 1. The van der Waals surface area contributed by atoms with E-state index in [-0.39, 0.29) is 23.0 Å². The summed E-state index contributed by atoms with van der Waals surface area (Å²) >= 11 is 0. The molecule has 0 amide bonds. The van der Waals surface area contributed by atoms with Crippen LogP contribution in [-0.4, -0.2) is 30.4 Å². The molecular formula is C28H39N2O4Si. The van der Waals surface area contributed by atoms with Crippen molar-refractivity contribution in [3.8, 4) is 11.8 Å². The summed E-state index contributed by atoms with van der Waals surface area (Å²) in [6.45, 7) is 20.7. The average molecular weight is 496 g/mol.